The number of aliphatic hydroxyl groups is 2. The number of nitrogens with one attached hydrogen (secondary N) is 5. The van der Waals surface area contributed by atoms with Crippen molar-refractivity contribution in [2.45, 2.75) is 180 Å². The van der Waals surface area contributed by atoms with Crippen LogP contribution in [0.2, 0.25) is 0 Å². The van der Waals surface area contributed by atoms with Crippen LogP contribution in [0.4, 0.5) is 0 Å². The molecule has 0 saturated heterocycles. The van der Waals surface area contributed by atoms with Crippen molar-refractivity contribution in [2.24, 2.45) is 22.4 Å². The van der Waals surface area contributed by atoms with Gasteiger partial charge in [-0.1, -0.05) is 128 Å². The van der Waals surface area contributed by atoms with Gasteiger partial charge in [-0.15, -0.1) is 0 Å². The number of rotatable bonds is 33. The molecule has 16 nitrogen and oxygen atoms in total. The van der Waals surface area contributed by atoms with E-state index in [1.165, 1.54) is 71.6 Å². The molecule has 0 heterocycles. The molecule has 0 aliphatic heterocycles. The molecule has 0 aromatic heterocycles. The van der Waals surface area contributed by atoms with Crippen molar-refractivity contribution in [1.82, 2.24) is 26.6 Å². The first-order valence-corrected chi connectivity index (χ1v) is 22.0. The van der Waals surface area contributed by atoms with Crippen molar-refractivity contribution in [3.05, 3.63) is 35.9 Å². The van der Waals surface area contributed by atoms with Gasteiger partial charge in [0.05, 0.1) is 12.7 Å². The van der Waals surface area contributed by atoms with Crippen molar-refractivity contribution < 1.29 is 39.0 Å². The van der Waals surface area contributed by atoms with E-state index < -0.39 is 78.2 Å². The van der Waals surface area contributed by atoms with Gasteiger partial charge in [0, 0.05) is 19.4 Å². The fourth-order valence-electron chi connectivity index (χ4n) is 6.65. The quantitative estimate of drug-likeness (QED) is 0.0284. The van der Waals surface area contributed by atoms with Gasteiger partial charge in [-0.05, 0) is 44.6 Å². The van der Waals surface area contributed by atoms with E-state index in [2.05, 4.69) is 38.5 Å². The normalized spacial score (nSPS) is 14.1. The maximum absolute atomic E-state index is 13.9. The second-order valence-electron chi connectivity index (χ2n) is 16.1. The van der Waals surface area contributed by atoms with Gasteiger partial charge in [-0.3, -0.25) is 33.8 Å². The molecule has 5 amide bonds. The van der Waals surface area contributed by atoms with E-state index in [1.54, 1.807) is 44.2 Å². The van der Waals surface area contributed by atoms with Crippen LogP contribution in [0.25, 0.3) is 0 Å². The summed E-state index contributed by atoms with van der Waals surface area (Å²) in [4.78, 5) is 83.4. The Labute approximate surface area is 357 Å². The fourth-order valence-corrected chi connectivity index (χ4v) is 6.65. The molecule has 11 N–H and O–H groups in total. The summed E-state index contributed by atoms with van der Waals surface area (Å²) in [5.74, 6) is -4.43. The van der Waals surface area contributed by atoms with E-state index in [0.717, 1.165) is 19.3 Å². The molecule has 16 heteroatoms. The summed E-state index contributed by atoms with van der Waals surface area (Å²) in [5.41, 5.74) is 11.5. The highest BCUT2D eigenvalue weighted by Gasteiger charge is 2.34. The van der Waals surface area contributed by atoms with Gasteiger partial charge in [-0.25, -0.2) is 0 Å². The van der Waals surface area contributed by atoms with Gasteiger partial charge < -0.3 is 48.3 Å². The Morgan fingerprint density at radius 3 is 1.63 bits per heavy atom. The number of guanidine groups is 1. The van der Waals surface area contributed by atoms with Crippen LogP contribution in [0.3, 0.4) is 0 Å². The van der Waals surface area contributed by atoms with Gasteiger partial charge in [0.25, 0.3) is 0 Å². The lowest BCUT2D eigenvalue weighted by Crippen LogP contribution is -2.61. The fraction of sp³-hybridized carbons (Fsp3) is 0.705. The minimum atomic E-state index is -1.33. The molecule has 0 spiro atoms. The highest BCUT2D eigenvalue weighted by atomic mass is 16.3. The zero-order chi connectivity index (χ0) is 44.9. The third-order valence-electron chi connectivity index (χ3n) is 10.3. The van der Waals surface area contributed by atoms with Gasteiger partial charge in [0.15, 0.2) is 11.7 Å². The van der Waals surface area contributed by atoms with E-state index in [0.29, 0.717) is 12.0 Å². The number of ketones is 1. The molecule has 1 aromatic carbocycles. The molecule has 6 atom stereocenters. The number of hydrogen-bond donors (Lipinski definition) is 9. The summed E-state index contributed by atoms with van der Waals surface area (Å²) in [7, 11) is 0. The zero-order valence-corrected chi connectivity index (χ0v) is 36.8. The van der Waals surface area contributed by atoms with Crippen molar-refractivity contribution in [2.75, 3.05) is 13.2 Å². The second kappa shape index (κ2) is 31.3. The van der Waals surface area contributed by atoms with Crippen LogP contribution < -0.4 is 38.1 Å². The molecule has 0 aliphatic carbocycles. The van der Waals surface area contributed by atoms with Crippen LogP contribution in [-0.4, -0.2) is 101 Å². The second-order valence-corrected chi connectivity index (χ2v) is 16.1. The Morgan fingerprint density at radius 1 is 0.633 bits per heavy atom. The summed E-state index contributed by atoms with van der Waals surface area (Å²) in [6.07, 6.45) is 14.4. The number of nitrogens with zero attached hydrogens (tertiary/aromatic N) is 1. The molecule has 340 valence electrons. The summed E-state index contributed by atoms with van der Waals surface area (Å²) >= 11 is 0. The van der Waals surface area contributed by atoms with Crippen LogP contribution in [0.5, 0.6) is 0 Å². The minimum Gasteiger partial charge on any atom is -0.394 e. The Bertz CT molecular complexity index is 1450. The lowest BCUT2D eigenvalue weighted by molar-refractivity contribution is -0.136. The lowest BCUT2D eigenvalue weighted by Gasteiger charge is -2.29. The SMILES string of the molecule is CCCCCCCCCCCCCCCC(=O)N[C@H](C(=O)N[C@H](C(=O)N[C@H](Cc1ccccc1)C(=O)N[C@@H](CCCN=C(N)N)C(=O)N[C@@H](CO)C(C)=O)C(C)C)[C@@H](C)O. The molecule has 1 rings (SSSR count). The number of carbonyl (C=O) groups is 6. The van der Waals surface area contributed by atoms with Crippen LogP contribution in [-0.2, 0) is 35.2 Å². The third-order valence-corrected chi connectivity index (χ3v) is 10.3. The molecule has 0 unspecified atom stereocenters. The number of hydrogen-bond acceptors (Lipinski definition) is 9. The number of aliphatic hydroxyl groups excluding tert-OH is 2. The monoisotopic (exact) mass is 845 g/mol. The Morgan fingerprint density at radius 2 is 1.13 bits per heavy atom. The largest absolute Gasteiger partial charge is 0.394 e. The van der Waals surface area contributed by atoms with Gasteiger partial charge in [-0.2, -0.15) is 0 Å². The summed E-state index contributed by atoms with van der Waals surface area (Å²) in [5, 5.41) is 33.3. The van der Waals surface area contributed by atoms with Crippen LogP contribution in [0, 0.1) is 5.92 Å². The average molecular weight is 845 g/mol. The van der Waals surface area contributed by atoms with E-state index in [-0.39, 0.29) is 44.1 Å². The molecule has 0 saturated carbocycles. The van der Waals surface area contributed by atoms with Crippen LogP contribution >= 0.6 is 0 Å². The molecule has 0 aliphatic rings. The molecular weight excluding hydrogens is 769 g/mol. The average Bonchev–Trinajstić information content (AvgIpc) is 3.20. The highest BCUT2D eigenvalue weighted by molar-refractivity contribution is 5.96. The zero-order valence-electron chi connectivity index (χ0n) is 36.8. The van der Waals surface area contributed by atoms with E-state index in [9.17, 15) is 39.0 Å². The number of amides is 5. The number of aliphatic imine (C=N–C) groups is 1. The number of unbranched alkanes of at least 4 members (excludes halogenated alkanes) is 12. The number of Topliss-reactive ketones (excluding diaryl/α,β-unsaturated/α-hetero) is 1. The predicted molar refractivity (Wildman–Crippen MR) is 234 cm³/mol. The van der Waals surface area contributed by atoms with Gasteiger partial charge >= 0.3 is 0 Å². The van der Waals surface area contributed by atoms with E-state index in [4.69, 9.17) is 11.5 Å². The minimum absolute atomic E-state index is 0.0117. The standard InChI is InChI=1S/C44H76N8O8/c1-6-7-8-9-10-11-12-13-14-15-16-17-21-26-37(56)51-39(32(5)55)43(60)52-38(30(2)3)42(59)49-35(28-33-23-19-18-20-24-33)41(58)48-34(25-22-27-47-44(45)46)40(57)50-36(29-53)31(4)54/h18-20,23-24,30,32,34-36,38-39,53,55H,6-17,21-22,25-29H2,1-5H3,(H,48,58)(H,49,59)(H,50,57)(H,51,56)(H,52,60)(H4,45,46,47)/t32-,34+,35-,36+,38+,39+/m1/s1. The smallest absolute Gasteiger partial charge is 0.245 e. The first kappa shape index (κ1) is 53.4. The maximum atomic E-state index is 13.9. The third kappa shape index (κ3) is 23.3. The van der Waals surface area contributed by atoms with Crippen LogP contribution in [0.15, 0.2) is 35.3 Å². The molecule has 1 aromatic rings. The lowest BCUT2D eigenvalue weighted by atomic mass is 9.99. The maximum Gasteiger partial charge on any atom is 0.245 e. The first-order valence-electron chi connectivity index (χ1n) is 22.0. The molecule has 0 radical (unpaired) electrons. The first-order chi connectivity index (χ1) is 28.6. The van der Waals surface area contributed by atoms with E-state index in [1.807, 2.05) is 0 Å². The van der Waals surface area contributed by atoms with E-state index >= 15 is 0 Å². The Kier molecular flexibility index (Phi) is 27.9. The van der Waals surface area contributed by atoms with Gasteiger partial charge in [0.2, 0.25) is 29.5 Å². The van der Waals surface area contributed by atoms with Crippen LogP contribution in [0.1, 0.15) is 143 Å². The number of benzene rings is 1. The van der Waals surface area contributed by atoms with Crippen molar-refractivity contribution in [3.8, 4) is 0 Å². The topological polar surface area (TPSA) is 267 Å². The Balaban J connectivity index is 2.97. The molecular formula is C44H76N8O8. The number of carbonyl (C=O) groups excluding carboxylic acids is 6. The summed E-state index contributed by atoms with van der Waals surface area (Å²) < 4.78 is 0. The summed E-state index contributed by atoms with van der Waals surface area (Å²) in [6, 6.07) is 2.72. The number of nitrogens with two attached hydrogens (primary N) is 2. The van der Waals surface area contributed by atoms with Crippen molar-refractivity contribution in [1.29, 1.82) is 0 Å². The van der Waals surface area contributed by atoms with Gasteiger partial charge in [0.1, 0.15) is 30.2 Å². The van der Waals surface area contributed by atoms with Crippen molar-refractivity contribution in [3.63, 3.8) is 0 Å². The molecule has 60 heavy (non-hydrogen) atoms. The molecule has 0 fully saturated rings. The predicted octanol–water partition coefficient (Wildman–Crippen LogP) is 2.81. The molecule has 0 bridgehead atoms. The van der Waals surface area contributed by atoms with Crippen molar-refractivity contribution >= 4 is 41.3 Å². The summed E-state index contributed by atoms with van der Waals surface area (Å²) in [6.45, 7) is 7.71. The Hall–Kier alpha value is -4.57. The highest BCUT2D eigenvalue weighted by Crippen LogP contribution is 2.14.